The maximum absolute atomic E-state index is 12.6. The molecule has 1 aliphatic heterocycles. The highest BCUT2D eigenvalue weighted by atomic mass is 16.5. The van der Waals surface area contributed by atoms with E-state index in [1.165, 1.54) is 10.7 Å². The Labute approximate surface area is 140 Å². The normalized spacial score (nSPS) is 21.3. The number of rotatable bonds is 6. The molecule has 2 atom stereocenters. The molecule has 1 N–H and O–H groups in total. The summed E-state index contributed by atoms with van der Waals surface area (Å²) in [7, 11) is 4.01. The van der Waals surface area contributed by atoms with Crippen LogP contribution in [0.15, 0.2) is 24.5 Å². The van der Waals surface area contributed by atoms with E-state index in [4.69, 9.17) is 9.47 Å². The van der Waals surface area contributed by atoms with E-state index in [0.717, 1.165) is 13.0 Å². The molecule has 1 saturated heterocycles. The number of likely N-dealkylation sites (N-methyl/N-ethyl adjacent to an activating group) is 1. The zero-order chi connectivity index (χ0) is 16.9. The summed E-state index contributed by atoms with van der Waals surface area (Å²) >= 11 is 0. The second-order valence-corrected chi connectivity index (χ2v) is 6.09. The summed E-state index contributed by atoms with van der Waals surface area (Å²) in [4.78, 5) is 18.8. The van der Waals surface area contributed by atoms with Gasteiger partial charge in [0.2, 0.25) is 0 Å². The Morgan fingerprint density at radius 1 is 1.54 bits per heavy atom. The Balaban J connectivity index is 1.65. The number of amides is 1. The molecule has 8 heteroatoms. The van der Waals surface area contributed by atoms with Gasteiger partial charge in [-0.25, -0.2) is 9.50 Å². The number of carbonyl (C=O) groups is 1. The number of imidazole rings is 1. The topological polar surface area (TPSA) is 81.0 Å². The zero-order valence-electron chi connectivity index (χ0n) is 14.0. The molecular weight excluding hydrogens is 310 g/mol. The van der Waals surface area contributed by atoms with Gasteiger partial charge in [-0.15, -0.1) is 0 Å². The van der Waals surface area contributed by atoms with E-state index in [9.17, 15) is 4.79 Å². The number of hydrogen-bond donors (Lipinski definition) is 1. The van der Waals surface area contributed by atoms with Gasteiger partial charge in [0.25, 0.3) is 5.91 Å². The second-order valence-electron chi connectivity index (χ2n) is 6.09. The van der Waals surface area contributed by atoms with Gasteiger partial charge in [0, 0.05) is 19.3 Å². The molecule has 0 unspecified atom stereocenters. The highest BCUT2D eigenvalue weighted by Crippen LogP contribution is 2.13. The van der Waals surface area contributed by atoms with Gasteiger partial charge in [-0.2, -0.15) is 5.10 Å². The summed E-state index contributed by atoms with van der Waals surface area (Å²) < 4.78 is 13.0. The average molecular weight is 333 g/mol. The van der Waals surface area contributed by atoms with E-state index in [2.05, 4.69) is 20.3 Å². The van der Waals surface area contributed by atoms with Crippen LogP contribution in [0, 0.1) is 0 Å². The molecule has 0 aromatic carbocycles. The van der Waals surface area contributed by atoms with Crippen molar-refractivity contribution in [1.82, 2.24) is 24.8 Å². The van der Waals surface area contributed by atoms with Gasteiger partial charge in [0.1, 0.15) is 5.69 Å². The number of hydrogen-bond acceptors (Lipinski definition) is 6. The smallest absolute Gasteiger partial charge is 0.272 e. The van der Waals surface area contributed by atoms with E-state index >= 15 is 0 Å². The van der Waals surface area contributed by atoms with E-state index in [0.29, 0.717) is 31.2 Å². The first kappa shape index (κ1) is 16.8. The van der Waals surface area contributed by atoms with Crippen molar-refractivity contribution in [2.45, 2.75) is 18.6 Å². The summed E-state index contributed by atoms with van der Waals surface area (Å²) in [5, 5.41) is 7.17. The molecule has 8 nitrogen and oxygen atoms in total. The molecule has 1 amide bonds. The van der Waals surface area contributed by atoms with Gasteiger partial charge in [0.05, 0.1) is 31.6 Å². The highest BCUT2D eigenvalue weighted by molar-refractivity contribution is 5.93. The highest BCUT2D eigenvalue weighted by Gasteiger charge is 2.29. The largest absolute Gasteiger partial charge is 0.379 e. The summed E-state index contributed by atoms with van der Waals surface area (Å²) in [6, 6.07) is 3.41. The second kappa shape index (κ2) is 7.69. The third-order valence-electron chi connectivity index (χ3n) is 3.99. The first-order valence-electron chi connectivity index (χ1n) is 8.09. The van der Waals surface area contributed by atoms with Crippen molar-refractivity contribution in [1.29, 1.82) is 0 Å². The first-order chi connectivity index (χ1) is 11.6. The third-order valence-corrected chi connectivity index (χ3v) is 3.99. The minimum absolute atomic E-state index is 0.0465. The Morgan fingerprint density at radius 2 is 2.42 bits per heavy atom. The van der Waals surface area contributed by atoms with Gasteiger partial charge in [-0.1, -0.05) is 0 Å². The lowest BCUT2D eigenvalue weighted by atomic mass is 10.1. The molecular formula is C16H23N5O3. The van der Waals surface area contributed by atoms with Crippen LogP contribution in [0.5, 0.6) is 0 Å². The lowest BCUT2D eigenvalue weighted by Crippen LogP contribution is -2.51. The molecule has 0 aliphatic carbocycles. The number of ether oxygens (including phenoxy) is 2. The third kappa shape index (κ3) is 3.89. The average Bonchev–Trinajstić information content (AvgIpc) is 3.00. The van der Waals surface area contributed by atoms with E-state index in [-0.39, 0.29) is 18.1 Å². The zero-order valence-corrected chi connectivity index (χ0v) is 14.0. The Morgan fingerprint density at radius 3 is 3.25 bits per heavy atom. The Kier molecular flexibility index (Phi) is 5.39. The minimum Gasteiger partial charge on any atom is -0.379 e. The van der Waals surface area contributed by atoms with Crippen molar-refractivity contribution in [3.63, 3.8) is 0 Å². The fraction of sp³-hybridized carbons (Fsp3) is 0.562. The molecule has 1 aliphatic rings. The van der Waals surface area contributed by atoms with Crippen LogP contribution in [0.1, 0.15) is 16.9 Å². The van der Waals surface area contributed by atoms with Crippen LogP contribution in [0.25, 0.3) is 5.65 Å². The minimum atomic E-state index is -0.224. The van der Waals surface area contributed by atoms with Crippen LogP contribution in [0.2, 0.25) is 0 Å². The lowest BCUT2D eigenvalue weighted by Gasteiger charge is -2.32. The summed E-state index contributed by atoms with van der Waals surface area (Å²) in [6.45, 7) is 2.56. The summed E-state index contributed by atoms with van der Waals surface area (Å²) in [6.07, 6.45) is 3.88. The lowest BCUT2D eigenvalue weighted by molar-refractivity contribution is -0.0562. The summed E-state index contributed by atoms with van der Waals surface area (Å²) in [5.74, 6) is -0.224. The van der Waals surface area contributed by atoms with E-state index in [1.54, 1.807) is 18.3 Å². The van der Waals surface area contributed by atoms with Crippen LogP contribution in [-0.4, -0.2) is 78.0 Å². The van der Waals surface area contributed by atoms with Crippen molar-refractivity contribution < 1.29 is 14.3 Å². The maximum atomic E-state index is 12.6. The molecule has 0 spiro atoms. The summed E-state index contributed by atoms with van der Waals surface area (Å²) in [5.41, 5.74) is 1.05. The monoisotopic (exact) mass is 333 g/mol. The SMILES string of the molecule is CN(C)CCO[C@@H]1CCOC[C@@H]1NC(=O)c1cnc2cccnn12. The van der Waals surface area contributed by atoms with Crippen molar-refractivity contribution in [3.8, 4) is 0 Å². The maximum Gasteiger partial charge on any atom is 0.272 e. The van der Waals surface area contributed by atoms with Crippen molar-refractivity contribution in [3.05, 3.63) is 30.2 Å². The molecule has 24 heavy (non-hydrogen) atoms. The van der Waals surface area contributed by atoms with Crippen molar-refractivity contribution >= 4 is 11.6 Å². The van der Waals surface area contributed by atoms with Crippen LogP contribution in [-0.2, 0) is 9.47 Å². The predicted octanol–water partition coefficient (Wildman–Crippen LogP) is 0.195. The van der Waals surface area contributed by atoms with Crippen molar-refractivity contribution in [2.75, 3.05) is 40.5 Å². The van der Waals surface area contributed by atoms with Crippen LogP contribution in [0.3, 0.4) is 0 Å². The molecule has 3 heterocycles. The first-order valence-corrected chi connectivity index (χ1v) is 8.09. The number of nitrogens with one attached hydrogen (secondary N) is 1. The molecule has 1 fully saturated rings. The van der Waals surface area contributed by atoms with Gasteiger partial charge in [0.15, 0.2) is 5.65 Å². The number of carbonyl (C=O) groups excluding carboxylic acids is 1. The van der Waals surface area contributed by atoms with Crippen LogP contribution < -0.4 is 5.32 Å². The van der Waals surface area contributed by atoms with Gasteiger partial charge >= 0.3 is 0 Å². The van der Waals surface area contributed by atoms with E-state index in [1.807, 2.05) is 14.1 Å². The number of nitrogens with zero attached hydrogens (tertiary/aromatic N) is 4. The molecule has 0 saturated carbocycles. The quantitative estimate of drug-likeness (QED) is 0.813. The van der Waals surface area contributed by atoms with Crippen LogP contribution in [0.4, 0.5) is 0 Å². The molecule has 3 rings (SSSR count). The number of aromatic nitrogens is 3. The molecule has 0 bridgehead atoms. The molecule has 2 aromatic heterocycles. The van der Waals surface area contributed by atoms with Crippen molar-refractivity contribution in [2.24, 2.45) is 0 Å². The molecule has 2 aromatic rings. The van der Waals surface area contributed by atoms with Gasteiger partial charge in [-0.05, 0) is 32.6 Å². The molecule has 0 radical (unpaired) electrons. The fourth-order valence-electron chi connectivity index (χ4n) is 2.67. The van der Waals surface area contributed by atoms with Gasteiger partial charge in [-0.3, -0.25) is 4.79 Å². The van der Waals surface area contributed by atoms with Gasteiger partial charge < -0.3 is 19.7 Å². The van der Waals surface area contributed by atoms with E-state index < -0.39 is 0 Å². The Hall–Kier alpha value is -2.03. The number of fused-ring (bicyclic) bond motifs is 1. The molecule has 130 valence electrons. The predicted molar refractivity (Wildman–Crippen MR) is 88.0 cm³/mol. The standard InChI is InChI=1S/C16H23N5O3/c1-20(2)7-9-24-14-5-8-23-11-12(14)19-16(22)13-10-17-15-4-3-6-18-21(13)15/h3-4,6,10,12,14H,5,7-9,11H2,1-2H3,(H,19,22)/t12-,14+/m0/s1. The fourth-order valence-corrected chi connectivity index (χ4v) is 2.67. The van der Waals surface area contributed by atoms with Crippen LogP contribution >= 0.6 is 0 Å². The Bertz CT molecular complexity index is 687.